The first-order valence-electron chi connectivity index (χ1n) is 6.23. The molecule has 0 radical (unpaired) electrons. The van der Waals surface area contributed by atoms with Gasteiger partial charge in [0.2, 0.25) is 5.82 Å². The summed E-state index contributed by atoms with van der Waals surface area (Å²) in [4.78, 5) is 0. The predicted octanol–water partition coefficient (Wildman–Crippen LogP) is 5.06. The van der Waals surface area contributed by atoms with Gasteiger partial charge in [-0.3, -0.25) is 0 Å². The van der Waals surface area contributed by atoms with E-state index in [4.69, 9.17) is 22.1 Å². The van der Waals surface area contributed by atoms with Crippen molar-refractivity contribution in [2.75, 3.05) is 0 Å². The molecular formula is C15H13BrClF2NO. The molecule has 2 N–H and O–H groups in total. The van der Waals surface area contributed by atoms with E-state index in [-0.39, 0.29) is 17.5 Å². The van der Waals surface area contributed by atoms with Crippen molar-refractivity contribution in [2.45, 2.75) is 19.4 Å². The Morgan fingerprint density at radius 3 is 2.57 bits per heavy atom. The molecule has 0 aliphatic rings. The molecule has 0 spiro atoms. The van der Waals surface area contributed by atoms with Crippen molar-refractivity contribution in [3.05, 3.63) is 57.0 Å². The first-order chi connectivity index (χ1) is 9.86. The van der Waals surface area contributed by atoms with Crippen LogP contribution >= 0.6 is 27.5 Å². The molecule has 0 aliphatic carbocycles. The zero-order valence-corrected chi connectivity index (χ0v) is 13.5. The van der Waals surface area contributed by atoms with Crippen molar-refractivity contribution in [2.24, 2.45) is 5.73 Å². The van der Waals surface area contributed by atoms with Crippen LogP contribution in [0.2, 0.25) is 5.02 Å². The molecule has 0 saturated carbocycles. The van der Waals surface area contributed by atoms with Crippen LogP contribution in [0, 0.1) is 11.6 Å². The molecule has 6 heteroatoms. The lowest BCUT2D eigenvalue weighted by molar-refractivity contribution is 0.415. The predicted molar refractivity (Wildman–Crippen MR) is 82.9 cm³/mol. The molecule has 0 bridgehead atoms. The minimum atomic E-state index is -1.06. The highest BCUT2D eigenvalue weighted by atomic mass is 79.9. The van der Waals surface area contributed by atoms with Crippen LogP contribution in [-0.2, 0) is 6.42 Å². The van der Waals surface area contributed by atoms with Crippen LogP contribution in [0.25, 0.3) is 0 Å². The second-order valence-corrected chi connectivity index (χ2v) is 6.07. The van der Waals surface area contributed by atoms with Crippen LogP contribution in [0.1, 0.15) is 12.5 Å². The Bertz CT molecular complexity index is 664. The number of hydrogen-bond donors (Lipinski definition) is 1. The number of nitrogens with two attached hydrogens (primary N) is 1. The van der Waals surface area contributed by atoms with Crippen molar-refractivity contribution in [3.63, 3.8) is 0 Å². The average molecular weight is 377 g/mol. The van der Waals surface area contributed by atoms with Gasteiger partial charge in [-0.15, -0.1) is 0 Å². The Morgan fingerprint density at radius 2 is 1.95 bits per heavy atom. The summed E-state index contributed by atoms with van der Waals surface area (Å²) in [6.45, 7) is 1.89. The maximum Gasteiger partial charge on any atom is 0.201 e. The zero-order valence-electron chi connectivity index (χ0n) is 11.2. The van der Waals surface area contributed by atoms with Crippen LogP contribution in [0.15, 0.2) is 34.8 Å². The van der Waals surface area contributed by atoms with Crippen molar-refractivity contribution in [1.29, 1.82) is 0 Å². The highest BCUT2D eigenvalue weighted by molar-refractivity contribution is 9.10. The maximum atomic E-state index is 13.7. The standard InChI is InChI=1S/C15H13BrClF2NO/c1-8(20)4-9-2-3-13(11(17)5-9)21-14-7-10(16)6-12(18)15(14)19/h2-3,5-8H,4,20H2,1H3. The zero-order chi connectivity index (χ0) is 15.6. The molecule has 2 aromatic carbocycles. The van der Waals surface area contributed by atoms with E-state index in [1.807, 2.05) is 6.92 Å². The molecule has 0 amide bonds. The van der Waals surface area contributed by atoms with Gasteiger partial charge < -0.3 is 10.5 Å². The third-order valence-electron chi connectivity index (χ3n) is 2.73. The molecule has 2 nitrogen and oxygen atoms in total. The minimum Gasteiger partial charge on any atom is -0.453 e. The summed E-state index contributed by atoms with van der Waals surface area (Å²) in [6, 6.07) is 7.46. The second-order valence-electron chi connectivity index (χ2n) is 4.75. The summed E-state index contributed by atoms with van der Waals surface area (Å²) in [5, 5.41) is 0.313. The fourth-order valence-electron chi connectivity index (χ4n) is 1.85. The fraction of sp³-hybridized carbons (Fsp3) is 0.200. The van der Waals surface area contributed by atoms with Crippen molar-refractivity contribution in [1.82, 2.24) is 0 Å². The van der Waals surface area contributed by atoms with Crippen molar-refractivity contribution >= 4 is 27.5 Å². The highest BCUT2D eigenvalue weighted by Crippen LogP contribution is 2.34. The summed E-state index contributed by atoms with van der Waals surface area (Å²) in [6.07, 6.45) is 0.667. The summed E-state index contributed by atoms with van der Waals surface area (Å²) in [7, 11) is 0. The molecule has 0 fully saturated rings. The molecule has 112 valence electrons. The van der Waals surface area contributed by atoms with E-state index in [0.717, 1.165) is 11.6 Å². The lowest BCUT2D eigenvalue weighted by atomic mass is 10.1. The molecule has 2 rings (SSSR count). The van der Waals surface area contributed by atoms with Gasteiger partial charge >= 0.3 is 0 Å². The Morgan fingerprint density at radius 1 is 1.24 bits per heavy atom. The summed E-state index contributed by atoms with van der Waals surface area (Å²) in [5.41, 5.74) is 6.67. The Labute approximate surface area is 135 Å². The first-order valence-corrected chi connectivity index (χ1v) is 7.40. The van der Waals surface area contributed by atoms with E-state index in [2.05, 4.69) is 15.9 Å². The van der Waals surface area contributed by atoms with Crippen LogP contribution in [0.5, 0.6) is 11.5 Å². The number of halogens is 4. The molecular weight excluding hydrogens is 364 g/mol. The maximum absolute atomic E-state index is 13.7. The van der Waals surface area contributed by atoms with Crippen molar-refractivity contribution in [3.8, 4) is 11.5 Å². The summed E-state index contributed by atoms with van der Waals surface area (Å²) >= 11 is 9.19. The molecule has 0 aliphatic heterocycles. The van der Waals surface area contributed by atoms with Gasteiger partial charge in [0.1, 0.15) is 5.75 Å². The van der Waals surface area contributed by atoms with Crippen LogP contribution in [-0.4, -0.2) is 6.04 Å². The molecule has 0 saturated heterocycles. The molecule has 1 unspecified atom stereocenters. The third kappa shape index (κ3) is 4.15. The topological polar surface area (TPSA) is 35.2 Å². The highest BCUT2D eigenvalue weighted by Gasteiger charge is 2.14. The first kappa shape index (κ1) is 16.2. The number of hydrogen-bond acceptors (Lipinski definition) is 2. The average Bonchev–Trinajstić information content (AvgIpc) is 2.37. The van der Waals surface area contributed by atoms with E-state index in [1.54, 1.807) is 18.2 Å². The Kier molecular flexibility index (Phi) is 5.19. The number of benzene rings is 2. The molecule has 0 heterocycles. The molecule has 0 aromatic heterocycles. The van der Waals surface area contributed by atoms with E-state index in [0.29, 0.717) is 15.9 Å². The molecule has 1 atom stereocenters. The third-order valence-corrected chi connectivity index (χ3v) is 3.49. The van der Waals surface area contributed by atoms with Gasteiger partial charge in [-0.05, 0) is 43.2 Å². The van der Waals surface area contributed by atoms with Gasteiger partial charge in [0, 0.05) is 10.5 Å². The fourth-order valence-corrected chi connectivity index (χ4v) is 2.50. The lowest BCUT2D eigenvalue weighted by Gasteiger charge is -2.11. The van der Waals surface area contributed by atoms with Crippen molar-refractivity contribution < 1.29 is 13.5 Å². The normalized spacial score (nSPS) is 12.3. The molecule has 21 heavy (non-hydrogen) atoms. The monoisotopic (exact) mass is 375 g/mol. The summed E-state index contributed by atoms with van der Waals surface area (Å²) in [5.74, 6) is -2.04. The summed E-state index contributed by atoms with van der Waals surface area (Å²) < 4.78 is 32.7. The second kappa shape index (κ2) is 6.73. The van der Waals surface area contributed by atoms with Crippen LogP contribution in [0.4, 0.5) is 8.78 Å². The smallest absolute Gasteiger partial charge is 0.201 e. The van der Waals surface area contributed by atoms with E-state index >= 15 is 0 Å². The number of rotatable bonds is 4. The van der Waals surface area contributed by atoms with Gasteiger partial charge in [0.15, 0.2) is 11.6 Å². The minimum absolute atomic E-state index is 0.00412. The van der Waals surface area contributed by atoms with Gasteiger partial charge in [-0.25, -0.2) is 4.39 Å². The van der Waals surface area contributed by atoms with Gasteiger partial charge in [0.25, 0.3) is 0 Å². The SMILES string of the molecule is CC(N)Cc1ccc(Oc2cc(Br)cc(F)c2F)c(Cl)c1. The number of ether oxygens (including phenoxy) is 1. The van der Waals surface area contributed by atoms with Gasteiger partial charge in [-0.1, -0.05) is 33.6 Å². The lowest BCUT2D eigenvalue weighted by Crippen LogP contribution is -2.17. The Hall–Kier alpha value is -1.17. The molecule has 2 aromatic rings. The van der Waals surface area contributed by atoms with Crippen LogP contribution in [0.3, 0.4) is 0 Å². The Balaban J connectivity index is 2.28. The van der Waals surface area contributed by atoms with E-state index in [1.165, 1.54) is 6.07 Å². The van der Waals surface area contributed by atoms with Crippen LogP contribution < -0.4 is 10.5 Å². The van der Waals surface area contributed by atoms with Gasteiger partial charge in [-0.2, -0.15) is 4.39 Å². The van der Waals surface area contributed by atoms with Gasteiger partial charge in [0.05, 0.1) is 5.02 Å². The quantitative estimate of drug-likeness (QED) is 0.757. The largest absolute Gasteiger partial charge is 0.453 e. The van der Waals surface area contributed by atoms with E-state index in [9.17, 15) is 8.78 Å². The van der Waals surface area contributed by atoms with E-state index < -0.39 is 11.6 Å².